The average molecular weight is 333 g/mol. The van der Waals surface area contributed by atoms with Crippen molar-refractivity contribution in [3.05, 3.63) is 77.6 Å². The standard InChI is InChI=1S/C20H19N3O2/c1-14-18(12-21-19(22-14)16-6-4-3-5-7-16)20(25)23(2)13-15-8-10-17(24)11-9-15/h3-12,24H,13H2,1-2H3. The number of nitrogens with zero attached hydrogens (tertiary/aromatic N) is 3. The fourth-order valence-corrected chi connectivity index (χ4v) is 2.56. The van der Waals surface area contributed by atoms with E-state index >= 15 is 0 Å². The largest absolute Gasteiger partial charge is 0.508 e. The van der Waals surface area contributed by atoms with Crippen LogP contribution < -0.4 is 0 Å². The summed E-state index contributed by atoms with van der Waals surface area (Å²) in [5.41, 5.74) is 2.99. The van der Waals surface area contributed by atoms with E-state index in [9.17, 15) is 9.90 Å². The minimum Gasteiger partial charge on any atom is -0.508 e. The highest BCUT2D eigenvalue weighted by Gasteiger charge is 2.17. The molecule has 3 rings (SSSR count). The Labute approximate surface area is 146 Å². The molecule has 0 aliphatic heterocycles. The normalized spacial score (nSPS) is 10.5. The van der Waals surface area contributed by atoms with Crippen LogP contribution in [-0.4, -0.2) is 32.9 Å². The van der Waals surface area contributed by atoms with Crippen molar-refractivity contribution in [2.45, 2.75) is 13.5 Å². The molecule has 25 heavy (non-hydrogen) atoms. The van der Waals surface area contributed by atoms with E-state index in [-0.39, 0.29) is 11.7 Å². The molecule has 1 amide bonds. The van der Waals surface area contributed by atoms with Crippen molar-refractivity contribution in [3.8, 4) is 17.1 Å². The van der Waals surface area contributed by atoms with Crippen molar-refractivity contribution in [2.75, 3.05) is 7.05 Å². The lowest BCUT2D eigenvalue weighted by Gasteiger charge is -2.18. The number of carbonyl (C=O) groups is 1. The zero-order chi connectivity index (χ0) is 17.8. The molecule has 5 nitrogen and oxygen atoms in total. The molecular formula is C20H19N3O2. The van der Waals surface area contributed by atoms with Crippen LogP contribution in [0, 0.1) is 6.92 Å². The first-order valence-corrected chi connectivity index (χ1v) is 7.97. The molecule has 0 aliphatic carbocycles. The summed E-state index contributed by atoms with van der Waals surface area (Å²) >= 11 is 0. The summed E-state index contributed by atoms with van der Waals surface area (Å²) in [5, 5.41) is 9.34. The molecule has 0 aliphatic rings. The van der Waals surface area contributed by atoms with Gasteiger partial charge in [-0.15, -0.1) is 0 Å². The van der Waals surface area contributed by atoms with Gasteiger partial charge in [0.2, 0.25) is 0 Å². The SMILES string of the molecule is Cc1nc(-c2ccccc2)ncc1C(=O)N(C)Cc1ccc(O)cc1. The molecule has 1 heterocycles. The molecular weight excluding hydrogens is 314 g/mol. The van der Waals surface area contributed by atoms with Gasteiger partial charge in [0.05, 0.1) is 11.3 Å². The zero-order valence-electron chi connectivity index (χ0n) is 14.2. The highest BCUT2D eigenvalue weighted by Crippen LogP contribution is 2.17. The quantitative estimate of drug-likeness (QED) is 0.794. The fraction of sp³-hybridized carbons (Fsp3) is 0.150. The third kappa shape index (κ3) is 3.83. The van der Waals surface area contributed by atoms with Crippen molar-refractivity contribution in [1.82, 2.24) is 14.9 Å². The van der Waals surface area contributed by atoms with Gasteiger partial charge in [-0.3, -0.25) is 4.79 Å². The van der Waals surface area contributed by atoms with E-state index in [1.807, 2.05) is 37.3 Å². The molecule has 1 N–H and O–H groups in total. The number of phenols is 1. The Bertz CT molecular complexity index is 877. The van der Waals surface area contributed by atoms with Crippen LogP contribution in [0.5, 0.6) is 5.75 Å². The van der Waals surface area contributed by atoms with Gasteiger partial charge in [-0.25, -0.2) is 9.97 Å². The van der Waals surface area contributed by atoms with Crippen LogP contribution in [-0.2, 0) is 6.54 Å². The van der Waals surface area contributed by atoms with Crippen LogP contribution in [0.25, 0.3) is 11.4 Å². The second-order valence-corrected chi connectivity index (χ2v) is 5.89. The molecule has 0 fully saturated rings. The van der Waals surface area contributed by atoms with Gasteiger partial charge in [0.25, 0.3) is 5.91 Å². The summed E-state index contributed by atoms with van der Waals surface area (Å²) in [4.78, 5) is 23.1. The highest BCUT2D eigenvalue weighted by molar-refractivity contribution is 5.94. The summed E-state index contributed by atoms with van der Waals surface area (Å²) in [6.45, 7) is 2.26. The Morgan fingerprint density at radius 3 is 2.40 bits per heavy atom. The molecule has 3 aromatic rings. The second-order valence-electron chi connectivity index (χ2n) is 5.89. The van der Waals surface area contributed by atoms with Crippen LogP contribution >= 0.6 is 0 Å². The molecule has 5 heteroatoms. The minimum atomic E-state index is -0.134. The number of aromatic hydroxyl groups is 1. The molecule has 1 aromatic heterocycles. The minimum absolute atomic E-state index is 0.134. The molecule has 126 valence electrons. The van der Waals surface area contributed by atoms with E-state index in [4.69, 9.17) is 0 Å². The molecule has 0 unspecified atom stereocenters. The van der Waals surface area contributed by atoms with Crippen molar-refractivity contribution < 1.29 is 9.90 Å². The topological polar surface area (TPSA) is 66.3 Å². The summed E-state index contributed by atoms with van der Waals surface area (Å²) in [6, 6.07) is 16.5. The Kier molecular flexibility index (Phi) is 4.75. The molecule has 0 saturated carbocycles. The number of aryl methyl sites for hydroxylation is 1. The number of hydrogen-bond donors (Lipinski definition) is 1. The third-order valence-electron chi connectivity index (χ3n) is 3.94. The van der Waals surface area contributed by atoms with Crippen LogP contribution in [0.1, 0.15) is 21.6 Å². The van der Waals surface area contributed by atoms with E-state index in [1.165, 1.54) is 0 Å². The van der Waals surface area contributed by atoms with E-state index in [0.717, 1.165) is 11.1 Å². The maximum Gasteiger partial charge on any atom is 0.257 e. The van der Waals surface area contributed by atoms with E-state index in [1.54, 1.807) is 42.4 Å². The number of carbonyl (C=O) groups excluding carboxylic acids is 1. The van der Waals surface area contributed by atoms with E-state index in [2.05, 4.69) is 9.97 Å². The first-order chi connectivity index (χ1) is 12.0. The first kappa shape index (κ1) is 16.6. The number of aromatic nitrogens is 2. The van der Waals surface area contributed by atoms with Crippen molar-refractivity contribution in [1.29, 1.82) is 0 Å². The summed E-state index contributed by atoms with van der Waals surface area (Å²) < 4.78 is 0. The molecule has 0 atom stereocenters. The van der Waals surface area contributed by atoms with Gasteiger partial charge < -0.3 is 10.0 Å². The molecule has 0 bridgehead atoms. The summed E-state index contributed by atoms with van der Waals surface area (Å²) in [6.07, 6.45) is 1.58. The van der Waals surface area contributed by atoms with Gasteiger partial charge in [-0.05, 0) is 24.6 Å². The van der Waals surface area contributed by atoms with E-state index in [0.29, 0.717) is 23.6 Å². The van der Waals surface area contributed by atoms with Crippen molar-refractivity contribution in [2.24, 2.45) is 0 Å². The Morgan fingerprint density at radius 2 is 1.76 bits per heavy atom. The van der Waals surface area contributed by atoms with Crippen molar-refractivity contribution in [3.63, 3.8) is 0 Å². The molecule has 0 saturated heterocycles. The van der Waals surface area contributed by atoms with Gasteiger partial charge >= 0.3 is 0 Å². The number of rotatable bonds is 4. The van der Waals surface area contributed by atoms with Crippen LogP contribution in [0.2, 0.25) is 0 Å². The molecule has 0 spiro atoms. The predicted molar refractivity (Wildman–Crippen MR) is 96.1 cm³/mol. The number of amides is 1. The zero-order valence-corrected chi connectivity index (χ0v) is 14.2. The van der Waals surface area contributed by atoms with Crippen molar-refractivity contribution >= 4 is 5.91 Å². The van der Waals surface area contributed by atoms with Crippen LogP contribution in [0.4, 0.5) is 0 Å². The van der Waals surface area contributed by atoms with Gasteiger partial charge in [0, 0.05) is 25.4 Å². The summed E-state index contributed by atoms with van der Waals surface area (Å²) in [5.74, 6) is 0.680. The fourth-order valence-electron chi connectivity index (χ4n) is 2.56. The lowest BCUT2D eigenvalue weighted by molar-refractivity contribution is 0.0783. The lowest BCUT2D eigenvalue weighted by Crippen LogP contribution is -2.27. The molecule has 0 radical (unpaired) electrons. The maximum atomic E-state index is 12.7. The Morgan fingerprint density at radius 1 is 1.08 bits per heavy atom. The molecule has 2 aromatic carbocycles. The second kappa shape index (κ2) is 7.13. The van der Waals surface area contributed by atoms with Crippen LogP contribution in [0.3, 0.4) is 0 Å². The smallest absolute Gasteiger partial charge is 0.257 e. The lowest BCUT2D eigenvalue weighted by atomic mass is 10.1. The average Bonchev–Trinajstić information content (AvgIpc) is 2.63. The highest BCUT2D eigenvalue weighted by atomic mass is 16.3. The maximum absolute atomic E-state index is 12.7. The van der Waals surface area contributed by atoms with E-state index < -0.39 is 0 Å². The number of phenolic OH excluding ortho intramolecular Hbond substituents is 1. The Balaban J connectivity index is 1.78. The van der Waals surface area contributed by atoms with Gasteiger partial charge in [0.15, 0.2) is 5.82 Å². The van der Waals surface area contributed by atoms with Gasteiger partial charge in [-0.1, -0.05) is 42.5 Å². The predicted octanol–water partition coefficient (Wildman–Crippen LogP) is 3.43. The number of hydrogen-bond acceptors (Lipinski definition) is 4. The van der Waals surface area contributed by atoms with Gasteiger partial charge in [0.1, 0.15) is 5.75 Å². The summed E-state index contributed by atoms with van der Waals surface area (Å²) in [7, 11) is 1.74. The third-order valence-corrected chi connectivity index (χ3v) is 3.94. The first-order valence-electron chi connectivity index (χ1n) is 7.97. The Hall–Kier alpha value is -3.21. The van der Waals surface area contributed by atoms with Crippen LogP contribution in [0.15, 0.2) is 60.8 Å². The monoisotopic (exact) mass is 333 g/mol. The number of benzene rings is 2. The van der Waals surface area contributed by atoms with Gasteiger partial charge in [-0.2, -0.15) is 0 Å².